The molecule has 1 aromatic heterocycles. The number of rotatable bonds is 1. The van der Waals surface area contributed by atoms with Crippen molar-refractivity contribution in [2.24, 2.45) is 0 Å². The number of hydrogen-bond donors (Lipinski definition) is 1. The molecule has 0 saturated heterocycles. The summed E-state index contributed by atoms with van der Waals surface area (Å²) < 4.78 is 4.84. The molecule has 1 amide bonds. The van der Waals surface area contributed by atoms with Gasteiger partial charge in [-0.1, -0.05) is 5.10 Å². The molecule has 1 heterocycles. The molecule has 0 aliphatic carbocycles. The highest BCUT2D eigenvalue weighted by molar-refractivity contribution is 5.86. The fourth-order valence-corrected chi connectivity index (χ4v) is 0.498. The van der Waals surface area contributed by atoms with Crippen LogP contribution >= 0.6 is 0 Å². The van der Waals surface area contributed by atoms with Crippen molar-refractivity contribution >= 4 is 11.9 Å². The van der Waals surface area contributed by atoms with E-state index in [2.05, 4.69) is 15.5 Å². The zero-order chi connectivity index (χ0) is 7.56. The number of nitrogens with zero attached hydrogens (tertiary/aromatic N) is 2. The van der Waals surface area contributed by atoms with Crippen LogP contribution in [0.15, 0.2) is 4.42 Å². The first kappa shape index (κ1) is 6.73. The van der Waals surface area contributed by atoms with E-state index >= 15 is 0 Å². The molecule has 0 atom stereocenters. The van der Waals surface area contributed by atoms with Gasteiger partial charge in [-0.3, -0.25) is 10.1 Å². The maximum absolute atomic E-state index is 10.4. The summed E-state index contributed by atoms with van der Waals surface area (Å²) in [6.45, 7) is 3.03. The number of anilines is 1. The van der Waals surface area contributed by atoms with Crippen molar-refractivity contribution in [1.29, 1.82) is 0 Å². The molecule has 0 aliphatic heterocycles. The fraction of sp³-hybridized carbons (Fsp3) is 0.400. The van der Waals surface area contributed by atoms with Crippen LogP contribution in [0.3, 0.4) is 0 Å². The van der Waals surface area contributed by atoms with Gasteiger partial charge >= 0.3 is 6.01 Å². The first-order chi connectivity index (χ1) is 4.68. The lowest BCUT2D eigenvalue weighted by atomic mass is 10.7. The normalized spacial score (nSPS) is 9.40. The Morgan fingerprint density at radius 2 is 2.30 bits per heavy atom. The molecule has 1 N–H and O–H groups in total. The van der Waals surface area contributed by atoms with Gasteiger partial charge < -0.3 is 4.42 Å². The Morgan fingerprint density at radius 1 is 1.60 bits per heavy atom. The van der Waals surface area contributed by atoms with Gasteiger partial charge in [0.1, 0.15) is 0 Å². The van der Waals surface area contributed by atoms with Crippen LogP contribution in [0, 0.1) is 6.92 Å². The van der Waals surface area contributed by atoms with Gasteiger partial charge in [0.15, 0.2) is 0 Å². The Labute approximate surface area is 57.4 Å². The smallest absolute Gasteiger partial charge is 0.322 e. The summed E-state index contributed by atoms with van der Waals surface area (Å²) in [6, 6.07) is 0.144. The Morgan fingerprint density at radius 3 is 2.70 bits per heavy atom. The third kappa shape index (κ3) is 1.54. The highest BCUT2D eigenvalue weighted by atomic mass is 16.4. The van der Waals surface area contributed by atoms with Crippen molar-refractivity contribution in [3.63, 3.8) is 0 Å². The maximum Gasteiger partial charge on any atom is 0.322 e. The lowest BCUT2D eigenvalue weighted by Crippen LogP contribution is -2.05. The number of carbonyl (C=O) groups is 1. The van der Waals surface area contributed by atoms with Crippen LogP contribution < -0.4 is 5.32 Å². The van der Waals surface area contributed by atoms with Crippen molar-refractivity contribution in [2.45, 2.75) is 13.8 Å². The Hall–Kier alpha value is -1.39. The fourth-order valence-electron chi connectivity index (χ4n) is 0.498. The molecule has 1 aromatic rings. The van der Waals surface area contributed by atoms with E-state index in [0.29, 0.717) is 5.89 Å². The van der Waals surface area contributed by atoms with Crippen molar-refractivity contribution in [3.05, 3.63) is 5.89 Å². The van der Waals surface area contributed by atoms with Gasteiger partial charge in [-0.25, -0.2) is 0 Å². The largest absolute Gasteiger partial charge is 0.408 e. The second kappa shape index (κ2) is 2.47. The predicted octanol–water partition coefficient (Wildman–Crippen LogP) is 0.336. The highest BCUT2D eigenvalue weighted by Gasteiger charge is 2.01. The lowest BCUT2D eigenvalue weighted by Gasteiger charge is -1.89. The van der Waals surface area contributed by atoms with E-state index in [1.807, 2.05) is 0 Å². The number of hydrogen-bond acceptors (Lipinski definition) is 4. The molecule has 54 valence electrons. The Bertz CT molecular complexity index is 243. The highest BCUT2D eigenvalue weighted by Crippen LogP contribution is 2.02. The van der Waals surface area contributed by atoms with Gasteiger partial charge in [0.2, 0.25) is 11.8 Å². The van der Waals surface area contributed by atoms with E-state index < -0.39 is 0 Å². The van der Waals surface area contributed by atoms with Gasteiger partial charge in [0.05, 0.1) is 0 Å². The van der Waals surface area contributed by atoms with E-state index in [0.717, 1.165) is 0 Å². The Balaban J connectivity index is 2.67. The minimum atomic E-state index is -0.219. The number of carbonyl (C=O) groups excluding carboxylic acids is 1. The average molecular weight is 141 g/mol. The first-order valence-electron chi connectivity index (χ1n) is 2.76. The number of aromatic nitrogens is 2. The average Bonchev–Trinajstić information content (AvgIpc) is 2.13. The standard InChI is InChI=1S/C5H7N3O2/c1-3(9)6-5-8-7-4(2)10-5/h1-2H3,(H,6,8,9). The summed E-state index contributed by atoms with van der Waals surface area (Å²) in [5.41, 5.74) is 0. The van der Waals surface area contributed by atoms with Crippen LogP contribution in [0.4, 0.5) is 6.01 Å². The molecule has 0 aromatic carbocycles. The van der Waals surface area contributed by atoms with E-state index in [9.17, 15) is 4.79 Å². The van der Waals surface area contributed by atoms with Crippen molar-refractivity contribution < 1.29 is 9.21 Å². The summed E-state index contributed by atoms with van der Waals surface area (Å²) in [5, 5.41) is 9.39. The summed E-state index contributed by atoms with van der Waals surface area (Å²) >= 11 is 0. The maximum atomic E-state index is 10.4. The van der Waals surface area contributed by atoms with Gasteiger partial charge in [-0.15, -0.1) is 5.10 Å². The summed E-state index contributed by atoms with van der Waals surface area (Å²) in [6.07, 6.45) is 0. The molecule has 5 nitrogen and oxygen atoms in total. The molecular formula is C5H7N3O2. The molecule has 0 spiro atoms. The minimum Gasteiger partial charge on any atom is -0.408 e. The summed E-state index contributed by atoms with van der Waals surface area (Å²) in [5.74, 6) is 0.215. The molecular weight excluding hydrogens is 134 g/mol. The van der Waals surface area contributed by atoms with Crippen LogP contribution in [0.2, 0.25) is 0 Å². The van der Waals surface area contributed by atoms with Gasteiger partial charge in [0, 0.05) is 13.8 Å². The van der Waals surface area contributed by atoms with E-state index in [-0.39, 0.29) is 11.9 Å². The van der Waals surface area contributed by atoms with Crippen molar-refractivity contribution in [3.8, 4) is 0 Å². The summed E-state index contributed by atoms with van der Waals surface area (Å²) in [7, 11) is 0. The van der Waals surface area contributed by atoms with Crippen LogP contribution in [0.1, 0.15) is 12.8 Å². The van der Waals surface area contributed by atoms with Crippen LogP contribution in [-0.2, 0) is 4.79 Å². The molecule has 0 aliphatic rings. The van der Waals surface area contributed by atoms with Crippen molar-refractivity contribution in [1.82, 2.24) is 10.2 Å². The quantitative estimate of drug-likeness (QED) is 0.612. The molecule has 10 heavy (non-hydrogen) atoms. The van der Waals surface area contributed by atoms with Crippen LogP contribution in [-0.4, -0.2) is 16.1 Å². The molecule has 1 rings (SSSR count). The zero-order valence-corrected chi connectivity index (χ0v) is 5.71. The van der Waals surface area contributed by atoms with Gasteiger partial charge in [-0.2, -0.15) is 0 Å². The zero-order valence-electron chi connectivity index (χ0n) is 5.71. The summed E-state index contributed by atoms with van der Waals surface area (Å²) in [4.78, 5) is 10.4. The lowest BCUT2D eigenvalue weighted by molar-refractivity contribution is -0.114. The second-order valence-electron chi connectivity index (χ2n) is 1.81. The molecule has 5 heteroatoms. The molecule has 0 radical (unpaired) electrons. The topological polar surface area (TPSA) is 68.0 Å². The number of aryl methyl sites for hydroxylation is 1. The third-order valence-corrected chi connectivity index (χ3v) is 0.809. The molecule has 0 unspecified atom stereocenters. The van der Waals surface area contributed by atoms with E-state index in [1.54, 1.807) is 6.92 Å². The van der Waals surface area contributed by atoms with Crippen LogP contribution in [0.25, 0.3) is 0 Å². The second-order valence-corrected chi connectivity index (χ2v) is 1.81. The third-order valence-electron chi connectivity index (χ3n) is 0.809. The number of nitrogens with one attached hydrogen (secondary N) is 1. The van der Waals surface area contributed by atoms with Crippen molar-refractivity contribution in [2.75, 3.05) is 5.32 Å². The van der Waals surface area contributed by atoms with E-state index in [1.165, 1.54) is 6.92 Å². The van der Waals surface area contributed by atoms with Gasteiger partial charge in [0.25, 0.3) is 0 Å². The van der Waals surface area contributed by atoms with Crippen LogP contribution in [0.5, 0.6) is 0 Å². The SMILES string of the molecule is CC(=O)Nc1nnc(C)o1. The monoisotopic (exact) mass is 141 g/mol. The molecule has 0 saturated carbocycles. The Kier molecular flexibility index (Phi) is 1.66. The predicted molar refractivity (Wildman–Crippen MR) is 33.3 cm³/mol. The number of amides is 1. The van der Waals surface area contributed by atoms with E-state index in [4.69, 9.17) is 4.42 Å². The molecule has 0 bridgehead atoms. The molecule has 0 fully saturated rings. The van der Waals surface area contributed by atoms with Gasteiger partial charge in [-0.05, 0) is 0 Å². The first-order valence-corrected chi connectivity index (χ1v) is 2.76. The minimum absolute atomic E-state index is 0.144.